The first-order valence-corrected chi connectivity index (χ1v) is 10.4. The molecular weight excluding hydrogens is 350 g/mol. The molecule has 1 aliphatic rings. The molecule has 1 saturated heterocycles. The van der Waals surface area contributed by atoms with Crippen molar-refractivity contribution in [2.75, 3.05) is 47.8 Å². The molecule has 7 nitrogen and oxygen atoms in total. The lowest BCUT2D eigenvalue weighted by atomic mass is 10.2. The van der Waals surface area contributed by atoms with Crippen LogP contribution in [0.4, 0.5) is 23.1 Å². The molecule has 1 unspecified atom stereocenters. The highest BCUT2D eigenvalue weighted by molar-refractivity contribution is 7.91. The van der Waals surface area contributed by atoms with Crippen molar-refractivity contribution in [3.05, 3.63) is 36.0 Å². The Labute approximate surface area is 155 Å². The highest BCUT2D eigenvalue weighted by atomic mass is 32.2. The van der Waals surface area contributed by atoms with Crippen LogP contribution < -0.4 is 15.1 Å². The normalized spacial score (nSPS) is 18.5. The standard InChI is InChI=1S/C18H25N5O2S/c1-13-11-17(23(4)16-9-10-26(24,25)12-16)21-18(19-13)20-14-5-7-15(8-6-14)22(2)3/h5-8,11,16H,9-10,12H2,1-4H3,(H,19,20,21). The highest BCUT2D eigenvalue weighted by Crippen LogP contribution is 2.24. The molecule has 8 heteroatoms. The summed E-state index contributed by atoms with van der Waals surface area (Å²) in [5, 5.41) is 3.23. The van der Waals surface area contributed by atoms with Crippen LogP contribution in [0.2, 0.25) is 0 Å². The van der Waals surface area contributed by atoms with Crippen LogP contribution in [0.3, 0.4) is 0 Å². The Morgan fingerprint density at radius 1 is 1.12 bits per heavy atom. The number of aromatic nitrogens is 2. The zero-order valence-corrected chi connectivity index (χ0v) is 16.4. The monoisotopic (exact) mass is 375 g/mol. The van der Waals surface area contributed by atoms with Crippen molar-refractivity contribution in [1.29, 1.82) is 0 Å². The van der Waals surface area contributed by atoms with E-state index in [4.69, 9.17) is 0 Å². The molecule has 1 fully saturated rings. The van der Waals surface area contributed by atoms with Crippen LogP contribution in [0, 0.1) is 6.92 Å². The molecular formula is C18H25N5O2S. The van der Waals surface area contributed by atoms with E-state index in [1.807, 2.05) is 68.2 Å². The molecule has 2 heterocycles. The van der Waals surface area contributed by atoms with Gasteiger partial charge in [-0.2, -0.15) is 4.98 Å². The second kappa shape index (κ2) is 7.11. The first kappa shape index (κ1) is 18.4. The predicted octanol–water partition coefficient (Wildman–Crippen LogP) is 2.22. The first-order valence-electron chi connectivity index (χ1n) is 8.57. The van der Waals surface area contributed by atoms with E-state index in [9.17, 15) is 8.42 Å². The van der Waals surface area contributed by atoms with Gasteiger partial charge in [0.25, 0.3) is 0 Å². The molecule has 0 amide bonds. The van der Waals surface area contributed by atoms with Crippen LogP contribution in [0.15, 0.2) is 30.3 Å². The molecule has 0 saturated carbocycles. The SMILES string of the molecule is Cc1cc(N(C)C2CCS(=O)(=O)C2)nc(Nc2ccc(N(C)C)cc2)n1. The Kier molecular flexibility index (Phi) is 5.04. The lowest BCUT2D eigenvalue weighted by Gasteiger charge is -2.25. The lowest BCUT2D eigenvalue weighted by Crippen LogP contribution is -2.33. The van der Waals surface area contributed by atoms with Crippen LogP contribution in [-0.2, 0) is 9.84 Å². The summed E-state index contributed by atoms with van der Waals surface area (Å²) in [7, 11) is 2.95. The van der Waals surface area contributed by atoms with Gasteiger partial charge in [-0.25, -0.2) is 13.4 Å². The van der Waals surface area contributed by atoms with E-state index >= 15 is 0 Å². The summed E-state index contributed by atoms with van der Waals surface area (Å²) >= 11 is 0. The minimum atomic E-state index is -2.93. The largest absolute Gasteiger partial charge is 0.378 e. The Morgan fingerprint density at radius 2 is 1.81 bits per heavy atom. The maximum absolute atomic E-state index is 11.8. The van der Waals surface area contributed by atoms with Gasteiger partial charge >= 0.3 is 0 Å². The molecule has 0 bridgehead atoms. The van der Waals surface area contributed by atoms with Crippen LogP contribution in [0.1, 0.15) is 12.1 Å². The van der Waals surface area contributed by atoms with Crippen molar-refractivity contribution in [2.24, 2.45) is 0 Å². The Hall–Kier alpha value is -2.35. The summed E-state index contributed by atoms with van der Waals surface area (Å²) < 4.78 is 23.5. The van der Waals surface area contributed by atoms with Gasteiger partial charge < -0.3 is 15.1 Å². The molecule has 1 atom stereocenters. The van der Waals surface area contributed by atoms with E-state index in [0.717, 1.165) is 22.9 Å². The number of benzene rings is 1. The number of anilines is 4. The van der Waals surface area contributed by atoms with Crippen LogP contribution >= 0.6 is 0 Å². The number of nitrogens with one attached hydrogen (secondary N) is 1. The summed E-state index contributed by atoms with van der Waals surface area (Å²) in [6.45, 7) is 1.91. The zero-order chi connectivity index (χ0) is 18.9. The molecule has 0 radical (unpaired) electrons. The van der Waals surface area contributed by atoms with Gasteiger partial charge in [-0.05, 0) is 37.6 Å². The van der Waals surface area contributed by atoms with E-state index in [1.54, 1.807) is 0 Å². The quantitative estimate of drug-likeness (QED) is 0.858. The number of aryl methyl sites for hydroxylation is 1. The summed E-state index contributed by atoms with van der Waals surface area (Å²) in [4.78, 5) is 13.0. The Bertz CT molecular complexity index is 881. The minimum Gasteiger partial charge on any atom is -0.378 e. The van der Waals surface area contributed by atoms with Gasteiger partial charge in [0.15, 0.2) is 9.84 Å². The molecule has 1 aromatic carbocycles. The number of hydrogen-bond acceptors (Lipinski definition) is 7. The molecule has 1 N–H and O–H groups in total. The third-order valence-electron chi connectivity index (χ3n) is 4.60. The fourth-order valence-electron chi connectivity index (χ4n) is 3.03. The Morgan fingerprint density at radius 3 is 2.38 bits per heavy atom. The number of nitrogens with zero attached hydrogens (tertiary/aromatic N) is 4. The van der Waals surface area contributed by atoms with Gasteiger partial charge in [-0.1, -0.05) is 0 Å². The van der Waals surface area contributed by atoms with Gasteiger partial charge in [0.1, 0.15) is 5.82 Å². The van der Waals surface area contributed by atoms with Crippen molar-refractivity contribution in [3.8, 4) is 0 Å². The Balaban J connectivity index is 1.79. The maximum atomic E-state index is 11.8. The van der Waals surface area contributed by atoms with Crippen molar-refractivity contribution >= 4 is 33.0 Å². The number of hydrogen-bond donors (Lipinski definition) is 1. The predicted molar refractivity (Wildman–Crippen MR) is 106 cm³/mol. The van der Waals surface area contributed by atoms with Crippen LogP contribution in [0.25, 0.3) is 0 Å². The van der Waals surface area contributed by atoms with Crippen molar-refractivity contribution in [2.45, 2.75) is 19.4 Å². The van der Waals surface area contributed by atoms with Gasteiger partial charge in [0, 0.05) is 50.3 Å². The number of rotatable bonds is 5. The van der Waals surface area contributed by atoms with Gasteiger partial charge in [0.2, 0.25) is 5.95 Å². The molecule has 0 spiro atoms. The molecule has 2 aromatic rings. The van der Waals surface area contributed by atoms with Gasteiger partial charge in [-0.3, -0.25) is 0 Å². The topological polar surface area (TPSA) is 78.4 Å². The first-order chi connectivity index (χ1) is 12.2. The van der Waals surface area contributed by atoms with Crippen molar-refractivity contribution in [3.63, 3.8) is 0 Å². The van der Waals surface area contributed by atoms with Gasteiger partial charge in [-0.15, -0.1) is 0 Å². The molecule has 0 aliphatic carbocycles. The summed E-state index contributed by atoms with van der Waals surface area (Å²) in [5.74, 6) is 1.66. The van der Waals surface area contributed by atoms with E-state index in [2.05, 4.69) is 15.3 Å². The number of sulfone groups is 1. The van der Waals surface area contributed by atoms with E-state index in [0.29, 0.717) is 12.4 Å². The minimum absolute atomic E-state index is 0.0403. The molecule has 1 aliphatic heterocycles. The van der Waals surface area contributed by atoms with E-state index in [-0.39, 0.29) is 17.5 Å². The van der Waals surface area contributed by atoms with Crippen molar-refractivity contribution in [1.82, 2.24) is 9.97 Å². The van der Waals surface area contributed by atoms with E-state index < -0.39 is 9.84 Å². The van der Waals surface area contributed by atoms with Crippen molar-refractivity contribution < 1.29 is 8.42 Å². The summed E-state index contributed by atoms with van der Waals surface area (Å²) in [6.07, 6.45) is 0.636. The average Bonchev–Trinajstić information content (AvgIpc) is 2.94. The zero-order valence-electron chi connectivity index (χ0n) is 15.6. The third-order valence-corrected chi connectivity index (χ3v) is 6.35. The average molecular weight is 375 g/mol. The summed E-state index contributed by atoms with van der Waals surface area (Å²) in [5.41, 5.74) is 2.84. The summed E-state index contributed by atoms with van der Waals surface area (Å²) in [6, 6.07) is 9.84. The second-order valence-electron chi connectivity index (χ2n) is 6.93. The lowest BCUT2D eigenvalue weighted by molar-refractivity contribution is 0.600. The van der Waals surface area contributed by atoms with E-state index in [1.165, 1.54) is 0 Å². The fourth-order valence-corrected chi connectivity index (χ4v) is 4.80. The molecule has 3 rings (SSSR count). The third kappa shape index (κ3) is 4.24. The second-order valence-corrected chi connectivity index (χ2v) is 9.15. The molecule has 26 heavy (non-hydrogen) atoms. The van der Waals surface area contributed by atoms with Crippen LogP contribution in [0.5, 0.6) is 0 Å². The molecule has 1 aromatic heterocycles. The highest BCUT2D eigenvalue weighted by Gasteiger charge is 2.31. The fraction of sp³-hybridized carbons (Fsp3) is 0.444. The van der Waals surface area contributed by atoms with Gasteiger partial charge in [0.05, 0.1) is 11.5 Å². The van der Waals surface area contributed by atoms with Crippen LogP contribution in [-0.4, -0.2) is 57.1 Å². The maximum Gasteiger partial charge on any atom is 0.229 e. The smallest absolute Gasteiger partial charge is 0.229 e. The molecule has 140 valence electrons.